The number of hydrogen-bond donors (Lipinski definition) is 0. The van der Waals surface area contributed by atoms with E-state index in [2.05, 4.69) is 170 Å². The molecular formula is C44H28S. The minimum atomic E-state index is 1.25. The molecule has 0 saturated carbocycles. The molecule has 0 aliphatic rings. The van der Waals surface area contributed by atoms with E-state index in [4.69, 9.17) is 0 Å². The Labute approximate surface area is 266 Å². The van der Waals surface area contributed by atoms with Gasteiger partial charge >= 0.3 is 0 Å². The van der Waals surface area contributed by atoms with Gasteiger partial charge in [0.25, 0.3) is 0 Å². The topological polar surface area (TPSA) is 0 Å². The first-order valence-electron chi connectivity index (χ1n) is 15.4. The lowest BCUT2D eigenvalue weighted by atomic mass is 9.96. The van der Waals surface area contributed by atoms with E-state index in [1.807, 2.05) is 11.3 Å². The lowest BCUT2D eigenvalue weighted by Gasteiger charge is -2.08. The van der Waals surface area contributed by atoms with Gasteiger partial charge in [-0.05, 0) is 90.3 Å². The van der Waals surface area contributed by atoms with E-state index in [1.165, 1.54) is 86.2 Å². The molecule has 45 heavy (non-hydrogen) atoms. The Morgan fingerprint density at radius 3 is 1.07 bits per heavy atom. The van der Waals surface area contributed by atoms with Crippen molar-refractivity contribution in [1.82, 2.24) is 0 Å². The van der Waals surface area contributed by atoms with Crippen LogP contribution in [0.25, 0.3) is 86.2 Å². The maximum Gasteiger partial charge on any atom is 0.0434 e. The SMILES string of the molecule is c1ccc(-c2ccc3cc(-c4cccc5c4sc4c(-c6ccc7cc(-c8ccccc8)ccc7c6)cccc45)ccc3c2)cc1. The summed E-state index contributed by atoms with van der Waals surface area (Å²) in [6, 6.07) is 62.1. The average Bonchev–Trinajstić information content (AvgIpc) is 3.51. The quantitative estimate of drug-likeness (QED) is 0.192. The van der Waals surface area contributed by atoms with Crippen molar-refractivity contribution in [2.75, 3.05) is 0 Å². The van der Waals surface area contributed by atoms with Crippen molar-refractivity contribution in [2.24, 2.45) is 0 Å². The molecule has 0 saturated heterocycles. The van der Waals surface area contributed by atoms with Gasteiger partial charge in [-0.3, -0.25) is 0 Å². The van der Waals surface area contributed by atoms with E-state index in [0.717, 1.165) is 0 Å². The molecule has 0 N–H and O–H groups in total. The van der Waals surface area contributed by atoms with Crippen molar-refractivity contribution < 1.29 is 0 Å². The highest BCUT2D eigenvalue weighted by Gasteiger charge is 2.15. The zero-order valence-corrected chi connectivity index (χ0v) is 25.4. The Morgan fingerprint density at radius 2 is 0.644 bits per heavy atom. The minimum absolute atomic E-state index is 1.25. The minimum Gasteiger partial charge on any atom is -0.134 e. The van der Waals surface area contributed by atoms with Crippen molar-refractivity contribution >= 4 is 53.1 Å². The van der Waals surface area contributed by atoms with Gasteiger partial charge in [0.2, 0.25) is 0 Å². The molecule has 0 atom stereocenters. The Balaban J connectivity index is 1.13. The van der Waals surface area contributed by atoms with Crippen LogP contribution in [0, 0.1) is 0 Å². The van der Waals surface area contributed by atoms with Gasteiger partial charge in [-0.1, -0.05) is 146 Å². The number of fused-ring (bicyclic) bond motifs is 5. The van der Waals surface area contributed by atoms with Gasteiger partial charge in [-0.2, -0.15) is 0 Å². The summed E-state index contributed by atoms with van der Waals surface area (Å²) >= 11 is 1.91. The second-order valence-electron chi connectivity index (χ2n) is 11.8. The standard InChI is InChI=1S/C44H28S/c1-3-9-29(10-4-1)31-17-19-35-27-37(23-21-33(35)25-31)39-13-7-15-41-42-16-8-14-40(44(42)45-43(39)41)38-24-22-34-26-32(18-20-36(34)28-38)30-11-5-2-6-12-30/h1-28H. The largest absolute Gasteiger partial charge is 0.134 e. The second-order valence-corrected chi connectivity index (χ2v) is 12.8. The Hall–Kier alpha value is -5.50. The van der Waals surface area contributed by atoms with E-state index < -0.39 is 0 Å². The number of thiophene rings is 1. The number of hydrogen-bond acceptors (Lipinski definition) is 1. The Bertz CT molecular complexity index is 2340. The Morgan fingerprint density at radius 1 is 0.267 bits per heavy atom. The van der Waals surface area contributed by atoms with Gasteiger partial charge in [0, 0.05) is 20.2 Å². The molecular weight excluding hydrogens is 561 g/mol. The third-order valence-electron chi connectivity index (χ3n) is 9.04. The van der Waals surface area contributed by atoms with Crippen molar-refractivity contribution in [2.45, 2.75) is 0 Å². The van der Waals surface area contributed by atoms with Gasteiger partial charge in [0.05, 0.1) is 0 Å². The van der Waals surface area contributed by atoms with E-state index in [0.29, 0.717) is 0 Å². The maximum absolute atomic E-state index is 2.34. The molecule has 0 aliphatic heterocycles. The van der Waals surface area contributed by atoms with Crippen LogP contribution in [0.15, 0.2) is 170 Å². The fourth-order valence-corrected chi connectivity index (χ4v) is 8.09. The second kappa shape index (κ2) is 10.6. The van der Waals surface area contributed by atoms with Gasteiger partial charge in [-0.15, -0.1) is 11.3 Å². The smallest absolute Gasteiger partial charge is 0.0434 e. The fraction of sp³-hybridized carbons (Fsp3) is 0. The molecule has 0 radical (unpaired) electrons. The third-order valence-corrected chi connectivity index (χ3v) is 10.3. The molecule has 0 aliphatic carbocycles. The van der Waals surface area contributed by atoms with Crippen molar-refractivity contribution in [3.05, 3.63) is 170 Å². The van der Waals surface area contributed by atoms with Crippen LogP contribution in [-0.2, 0) is 0 Å². The molecule has 0 nitrogen and oxygen atoms in total. The molecule has 8 aromatic carbocycles. The predicted octanol–water partition coefficient (Wildman–Crippen LogP) is 13.0. The summed E-state index contributed by atoms with van der Waals surface area (Å²) in [6.07, 6.45) is 0. The maximum atomic E-state index is 2.34. The summed E-state index contributed by atoms with van der Waals surface area (Å²) in [5.74, 6) is 0. The number of benzene rings is 8. The average molecular weight is 589 g/mol. The van der Waals surface area contributed by atoms with E-state index in [1.54, 1.807) is 0 Å². The third kappa shape index (κ3) is 4.52. The Kier molecular flexibility index (Phi) is 6.11. The molecule has 9 aromatic rings. The first kappa shape index (κ1) is 25.9. The summed E-state index contributed by atoms with van der Waals surface area (Å²) in [4.78, 5) is 0. The normalized spacial score (nSPS) is 11.6. The molecule has 0 spiro atoms. The molecule has 1 heterocycles. The highest BCUT2D eigenvalue weighted by molar-refractivity contribution is 7.26. The molecule has 210 valence electrons. The predicted molar refractivity (Wildman–Crippen MR) is 196 cm³/mol. The molecule has 1 heteroatoms. The summed E-state index contributed by atoms with van der Waals surface area (Å²) < 4.78 is 2.68. The van der Waals surface area contributed by atoms with Crippen LogP contribution in [0.2, 0.25) is 0 Å². The monoisotopic (exact) mass is 588 g/mol. The fourth-order valence-electron chi connectivity index (χ4n) is 6.72. The number of rotatable bonds is 4. The van der Waals surface area contributed by atoms with Crippen LogP contribution in [0.4, 0.5) is 0 Å². The molecule has 0 amide bonds. The summed E-state index contributed by atoms with van der Waals surface area (Å²) in [5, 5.41) is 7.69. The zero-order chi connectivity index (χ0) is 29.7. The molecule has 0 bridgehead atoms. The lowest BCUT2D eigenvalue weighted by molar-refractivity contribution is 1.64. The van der Waals surface area contributed by atoms with Crippen molar-refractivity contribution in [3.8, 4) is 44.5 Å². The lowest BCUT2D eigenvalue weighted by Crippen LogP contribution is -1.82. The van der Waals surface area contributed by atoms with Crippen LogP contribution < -0.4 is 0 Å². The molecule has 0 fully saturated rings. The van der Waals surface area contributed by atoms with E-state index >= 15 is 0 Å². The van der Waals surface area contributed by atoms with E-state index in [-0.39, 0.29) is 0 Å². The van der Waals surface area contributed by atoms with E-state index in [9.17, 15) is 0 Å². The summed E-state index contributed by atoms with van der Waals surface area (Å²) in [7, 11) is 0. The first-order chi connectivity index (χ1) is 22.3. The summed E-state index contributed by atoms with van der Waals surface area (Å²) in [6.45, 7) is 0. The van der Waals surface area contributed by atoms with Crippen molar-refractivity contribution in [3.63, 3.8) is 0 Å². The van der Waals surface area contributed by atoms with Crippen LogP contribution in [0.3, 0.4) is 0 Å². The zero-order valence-electron chi connectivity index (χ0n) is 24.6. The molecule has 1 aromatic heterocycles. The molecule has 9 rings (SSSR count). The van der Waals surface area contributed by atoms with Crippen LogP contribution in [0.1, 0.15) is 0 Å². The van der Waals surface area contributed by atoms with Crippen molar-refractivity contribution in [1.29, 1.82) is 0 Å². The van der Waals surface area contributed by atoms with Crippen LogP contribution in [-0.4, -0.2) is 0 Å². The van der Waals surface area contributed by atoms with Gasteiger partial charge in [-0.25, -0.2) is 0 Å². The van der Waals surface area contributed by atoms with Crippen LogP contribution >= 0.6 is 11.3 Å². The highest BCUT2D eigenvalue weighted by atomic mass is 32.1. The van der Waals surface area contributed by atoms with Crippen LogP contribution in [0.5, 0.6) is 0 Å². The summed E-state index contributed by atoms with van der Waals surface area (Å²) in [5.41, 5.74) is 10.1. The van der Waals surface area contributed by atoms with Gasteiger partial charge < -0.3 is 0 Å². The molecule has 0 unspecified atom stereocenters. The highest BCUT2D eigenvalue weighted by Crippen LogP contribution is 2.44. The first-order valence-corrected chi connectivity index (χ1v) is 16.2. The van der Waals surface area contributed by atoms with Gasteiger partial charge in [0.1, 0.15) is 0 Å². The van der Waals surface area contributed by atoms with Gasteiger partial charge in [0.15, 0.2) is 0 Å².